The first kappa shape index (κ1) is 15.3. The van der Waals surface area contributed by atoms with Gasteiger partial charge in [-0.1, -0.05) is 6.07 Å². The largest absolute Gasteiger partial charge is 0.459 e. The summed E-state index contributed by atoms with van der Waals surface area (Å²) >= 11 is 1.63. The molecular weight excluding hydrogens is 288 g/mol. The lowest BCUT2D eigenvalue weighted by Gasteiger charge is -2.24. The predicted octanol–water partition coefficient (Wildman–Crippen LogP) is 2.68. The molecule has 1 N–H and O–H groups in total. The van der Waals surface area contributed by atoms with Gasteiger partial charge in [-0.2, -0.15) is 0 Å². The third kappa shape index (κ3) is 3.95. The van der Waals surface area contributed by atoms with E-state index in [9.17, 15) is 9.59 Å². The Kier molecular flexibility index (Phi) is 5.16. The summed E-state index contributed by atoms with van der Waals surface area (Å²) in [6.45, 7) is 2.28. The van der Waals surface area contributed by atoms with Crippen molar-refractivity contribution < 1.29 is 14.0 Å². The van der Waals surface area contributed by atoms with Crippen LogP contribution in [0.3, 0.4) is 0 Å². The highest BCUT2D eigenvalue weighted by Gasteiger charge is 2.18. The second-order valence-corrected chi connectivity index (χ2v) is 5.66. The molecule has 0 aliphatic carbocycles. The molecule has 0 bridgehead atoms. The molecule has 2 aromatic rings. The Balaban J connectivity index is 1.78. The maximum Gasteiger partial charge on any atom is 0.286 e. The monoisotopic (exact) mass is 306 g/mol. The van der Waals surface area contributed by atoms with Crippen LogP contribution in [0.5, 0.6) is 0 Å². The minimum atomic E-state index is -0.304. The van der Waals surface area contributed by atoms with Gasteiger partial charge in [-0.3, -0.25) is 9.59 Å². The smallest absolute Gasteiger partial charge is 0.286 e. The lowest BCUT2D eigenvalue weighted by atomic mass is 10.2. The zero-order valence-corrected chi connectivity index (χ0v) is 12.9. The maximum atomic E-state index is 12.1. The second-order valence-electron chi connectivity index (χ2n) is 4.68. The number of amides is 2. The van der Waals surface area contributed by atoms with Crippen molar-refractivity contribution in [2.45, 2.75) is 19.4 Å². The normalized spacial score (nSPS) is 11.9. The number of hydrogen-bond acceptors (Lipinski definition) is 4. The van der Waals surface area contributed by atoms with Gasteiger partial charge in [-0.15, -0.1) is 11.3 Å². The Morgan fingerprint density at radius 3 is 2.81 bits per heavy atom. The highest BCUT2D eigenvalue weighted by molar-refractivity contribution is 7.10. The molecular formula is C15H18N2O3S. The van der Waals surface area contributed by atoms with Crippen molar-refractivity contribution in [1.82, 2.24) is 10.2 Å². The van der Waals surface area contributed by atoms with E-state index in [1.165, 1.54) is 6.26 Å². The number of carbonyl (C=O) groups excluding carboxylic acids is 2. The molecule has 0 saturated heterocycles. The van der Waals surface area contributed by atoms with Gasteiger partial charge >= 0.3 is 0 Å². The minimum Gasteiger partial charge on any atom is -0.459 e. The van der Waals surface area contributed by atoms with Gasteiger partial charge in [0.1, 0.15) is 0 Å². The molecule has 2 amide bonds. The van der Waals surface area contributed by atoms with Gasteiger partial charge < -0.3 is 14.6 Å². The maximum absolute atomic E-state index is 12.1. The van der Waals surface area contributed by atoms with Gasteiger partial charge in [-0.25, -0.2) is 0 Å². The summed E-state index contributed by atoms with van der Waals surface area (Å²) in [6, 6.07) is 7.26. The van der Waals surface area contributed by atoms with E-state index in [0.717, 1.165) is 4.88 Å². The average molecular weight is 306 g/mol. The van der Waals surface area contributed by atoms with Crippen molar-refractivity contribution in [3.05, 3.63) is 46.5 Å². The van der Waals surface area contributed by atoms with E-state index in [1.54, 1.807) is 35.4 Å². The molecule has 1 unspecified atom stereocenters. The standard InChI is InChI=1S/C15H18N2O3S/c1-11(13-6-4-10-21-13)17(2)14(18)7-8-16-15(19)12-5-3-9-20-12/h3-6,9-11H,7-8H2,1-2H3,(H,16,19). The summed E-state index contributed by atoms with van der Waals surface area (Å²) in [5, 5.41) is 4.66. The van der Waals surface area contributed by atoms with Crippen molar-refractivity contribution in [3.8, 4) is 0 Å². The van der Waals surface area contributed by atoms with Crippen LogP contribution in [0, 0.1) is 0 Å². The third-order valence-electron chi connectivity index (χ3n) is 3.30. The predicted molar refractivity (Wildman–Crippen MR) is 81.2 cm³/mol. The Labute approximate surface area is 127 Å². The highest BCUT2D eigenvalue weighted by Crippen LogP contribution is 2.23. The summed E-state index contributed by atoms with van der Waals surface area (Å²) in [4.78, 5) is 26.6. The molecule has 0 radical (unpaired) electrons. The lowest BCUT2D eigenvalue weighted by molar-refractivity contribution is -0.131. The number of thiophene rings is 1. The second kappa shape index (κ2) is 7.08. The van der Waals surface area contributed by atoms with Crippen molar-refractivity contribution in [1.29, 1.82) is 0 Å². The number of carbonyl (C=O) groups is 2. The SMILES string of the molecule is CC(c1cccs1)N(C)C(=O)CCNC(=O)c1ccco1. The summed E-state index contributed by atoms with van der Waals surface area (Å²) in [5.41, 5.74) is 0. The van der Waals surface area contributed by atoms with E-state index in [1.807, 2.05) is 24.4 Å². The van der Waals surface area contributed by atoms with Crippen molar-refractivity contribution >= 4 is 23.2 Å². The van der Waals surface area contributed by atoms with Gasteiger partial charge in [0.05, 0.1) is 12.3 Å². The molecule has 0 spiro atoms. The van der Waals surface area contributed by atoms with Gasteiger partial charge in [0, 0.05) is 24.9 Å². The lowest BCUT2D eigenvalue weighted by Crippen LogP contribution is -2.33. The Morgan fingerprint density at radius 2 is 2.19 bits per heavy atom. The number of hydrogen-bond donors (Lipinski definition) is 1. The first-order valence-electron chi connectivity index (χ1n) is 6.70. The van der Waals surface area contributed by atoms with E-state index in [0.29, 0.717) is 6.54 Å². The first-order chi connectivity index (χ1) is 10.1. The van der Waals surface area contributed by atoms with Gasteiger partial charge in [0.2, 0.25) is 5.91 Å². The average Bonchev–Trinajstić information content (AvgIpc) is 3.17. The highest BCUT2D eigenvalue weighted by atomic mass is 32.1. The molecule has 0 aromatic carbocycles. The van der Waals surface area contributed by atoms with E-state index >= 15 is 0 Å². The third-order valence-corrected chi connectivity index (χ3v) is 4.34. The fraction of sp³-hybridized carbons (Fsp3) is 0.333. The quantitative estimate of drug-likeness (QED) is 0.892. The van der Waals surface area contributed by atoms with Crippen LogP contribution in [0.1, 0.15) is 34.8 Å². The van der Waals surface area contributed by atoms with Gasteiger partial charge in [0.25, 0.3) is 5.91 Å². The zero-order chi connectivity index (χ0) is 15.2. The Hall–Kier alpha value is -2.08. The fourth-order valence-electron chi connectivity index (χ4n) is 1.89. The number of nitrogens with one attached hydrogen (secondary N) is 1. The van der Waals surface area contributed by atoms with E-state index in [4.69, 9.17) is 4.42 Å². The van der Waals surface area contributed by atoms with Crippen LogP contribution in [0.2, 0.25) is 0 Å². The number of furan rings is 1. The van der Waals surface area contributed by atoms with E-state index < -0.39 is 0 Å². The van der Waals surface area contributed by atoms with Crippen LogP contribution < -0.4 is 5.32 Å². The van der Waals surface area contributed by atoms with Crippen LogP contribution in [0.25, 0.3) is 0 Å². The van der Waals surface area contributed by atoms with Gasteiger partial charge in [-0.05, 0) is 30.5 Å². The molecule has 6 heteroatoms. The van der Waals surface area contributed by atoms with Crippen LogP contribution in [-0.4, -0.2) is 30.3 Å². The molecule has 1 atom stereocenters. The van der Waals surface area contributed by atoms with Crippen molar-refractivity contribution in [2.24, 2.45) is 0 Å². The van der Waals surface area contributed by atoms with E-state index in [2.05, 4.69) is 5.32 Å². The molecule has 0 aliphatic heterocycles. The molecule has 5 nitrogen and oxygen atoms in total. The minimum absolute atomic E-state index is 0.00403. The molecule has 0 fully saturated rings. The Morgan fingerprint density at radius 1 is 1.38 bits per heavy atom. The fourth-order valence-corrected chi connectivity index (χ4v) is 2.72. The van der Waals surface area contributed by atoms with Crippen molar-refractivity contribution in [3.63, 3.8) is 0 Å². The molecule has 112 valence electrons. The Bertz CT molecular complexity index is 578. The van der Waals surface area contributed by atoms with E-state index in [-0.39, 0.29) is 30.0 Å². The first-order valence-corrected chi connectivity index (χ1v) is 7.58. The summed E-state index contributed by atoms with van der Waals surface area (Å²) < 4.78 is 4.98. The zero-order valence-electron chi connectivity index (χ0n) is 12.0. The molecule has 0 aliphatic rings. The van der Waals surface area contributed by atoms with Crippen molar-refractivity contribution in [2.75, 3.05) is 13.6 Å². The molecule has 2 rings (SSSR count). The van der Waals surface area contributed by atoms with Crippen LogP contribution in [0.4, 0.5) is 0 Å². The molecule has 2 aromatic heterocycles. The van der Waals surface area contributed by atoms with Crippen LogP contribution in [-0.2, 0) is 4.79 Å². The molecule has 2 heterocycles. The van der Waals surface area contributed by atoms with Gasteiger partial charge in [0.15, 0.2) is 5.76 Å². The van der Waals surface area contributed by atoms with Crippen LogP contribution in [0.15, 0.2) is 40.3 Å². The molecule has 0 saturated carbocycles. The topological polar surface area (TPSA) is 62.6 Å². The number of rotatable bonds is 6. The summed E-state index contributed by atoms with van der Waals surface area (Å²) in [6.07, 6.45) is 1.70. The summed E-state index contributed by atoms with van der Waals surface area (Å²) in [5.74, 6) is -0.0554. The number of nitrogens with zero attached hydrogens (tertiary/aromatic N) is 1. The summed E-state index contributed by atoms with van der Waals surface area (Å²) in [7, 11) is 1.78. The molecule has 21 heavy (non-hydrogen) atoms. The van der Waals surface area contributed by atoms with Crippen LogP contribution >= 0.6 is 11.3 Å².